The van der Waals surface area contributed by atoms with Crippen LogP contribution in [0, 0.1) is 5.82 Å². The van der Waals surface area contributed by atoms with Crippen LogP contribution in [0.5, 0.6) is 11.5 Å². The summed E-state index contributed by atoms with van der Waals surface area (Å²) in [4.78, 5) is 12.1. The number of benzene rings is 2. The molecule has 3 nitrogen and oxygen atoms in total. The number of rotatable bonds is 5. The van der Waals surface area contributed by atoms with Crippen LogP contribution in [0.1, 0.15) is 15.9 Å². The minimum atomic E-state index is -0.616. The summed E-state index contributed by atoms with van der Waals surface area (Å²) in [6, 6.07) is 9.56. The first kappa shape index (κ1) is 16.2. The Morgan fingerprint density at radius 1 is 1.14 bits per heavy atom. The lowest BCUT2D eigenvalue weighted by atomic mass is 10.1. The van der Waals surface area contributed by atoms with Crippen LogP contribution in [0.2, 0.25) is 0 Å². The number of carbonyl (C=O) groups is 1. The molecule has 0 spiro atoms. The first-order valence-electron chi connectivity index (χ1n) is 6.44. The maximum atomic E-state index is 13.9. The predicted octanol–water partition coefficient (Wildman–Crippen LogP) is 4.50. The molecule has 0 atom stereocenters. The number of halogens is 2. The van der Waals surface area contributed by atoms with Gasteiger partial charge in [-0.2, -0.15) is 0 Å². The van der Waals surface area contributed by atoms with Gasteiger partial charge < -0.3 is 9.47 Å². The molecule has 0 N–H and O–H groups in total. The van der Waals surface area contributed by atoms with Gasteiger partial charge in [-0.05, 0) is 42.5 Å². The molecule has 0 aliphatic rings. The van der Waals surface area contributed by atoms with Crippen LogP contribution in [0.15, 0.2) is 46.9 Å². The second-order valence-electron chi connectivity index (χ2n) is 4.43. The molecule has 22 heavy (non-hydrogen) atoms. The van der Waals surface area contributed by atoms with Crippen LogP contribution in [-0.4, -0.2) is 20.0 Å². The van der Waals surface area contributed by atoms with Crippen molar-refractivity contribution < 1.29 is 18.7 Å². The van der Waals surface area contributed by atoms with Crippen molar-refractivity contribution in [2.75, 3.05) is 14.2 Å². The van der Waals surface area contributed by atoms with Gasteiger partial charge in [0.2, 0.25) is 0 Å². The van der Waals surface area contributed by atoms with E-state index in [9.17, 15) is 9.18 Å². The van der Waals surface area contributed by atoms with Crippen LogP contribution in [-0.2, 0) is 0 Å². The fraction of sp³-hybridized carbons (Fsp3) is 0.118. The van der Waals surface area contributed by atoms with Gasteiger partial charge in [0.1, 0.15) is 17.3 Å². The molecule has 2 rings (SSSR count). The average molecular weight is 365 g/mol. The fourth-order valence-corrected chi connectivity index (χ4v) is 2.29. The topological polar surface area (TPSA) is 35.5 Å². The van der Waals surface area contributed by atoms with E-state index >= 15 is 0 Å². The highest BCUT2D eigenvalue weighted by molar-refractivity contribution is 9.10. The Bertz CT molecular complexity index is 726. The highest BCUT2D eigenvalue weighted by Gasteiger charge is 2.10. The minimum absolute atomic E-state index is 0.00832. The van der Waals surface area contributed by atoms with Crippen molar-refractivity contribution in [2.24, 2.45) is 0 Å². The van der Waals surface area contributed by atoms with E-state index in [-0.39, 0.29) is 5.56 Å². The molecule has 0 aliphatic heterocycles. The largest absolute Gasteiger partial charge is 0.497 e. The Labute approximate surface area is 136 Å². The number of carbonyl (C=O) groups excluding carboxylic acids is 1. The van der Waals surface area contributed by atoms with Crippen LogP contribution in [0.25, 0.3) is 6.08 Å². The van der Waals surface area contributed by atoms with Crippen LogP contribution < -0.4 is 9.47 Å². The van der Waals surface area contributed by atoms with Crippen LogP contribution in [0.3, 0.4) is 0 Å². The zero-order chi connectivity index (χ0) is 16.1. The first-order chi connectivity index (χ1) is 10.5. The van der Waals surface area contributed by atoms with E-state index in [2.05, 4.69) is 15.9 Å². The zero-order valence-corrected chi connectivity index (χ0v) is 13.7. The van der Waals surface area contributed by atoms with Crippen molar-refractivity contribution in [2.45, 2.75) is 0 Å². The van der Waals surface area contributed by atoms with Gasteiger partial charge in [0.25, 0.3) is 0 Å². The van der Waals surface area contributed by atoms with Gasteiger partial charge in [-0.25, -0.2) is 4.39 Å². The van der Waals surface area contributed by atoms with Gasteiger partial charge in [0, 0.05) is 16.1 Å². The van der Waals surface area contributed by atoms with Crippen molar-refractivity contribution >= 4 is 27.8 Å². The monoisotopic (exact) mass is 364 g/mol. The van der Waals surface area contributed by atoms with Crippen LogP contribution >= 0.6 is 15.9 Å². The third-order valence-electron chi connectivity index (χ3n) is 3.05. The number of ketones is 1. The molecule has 0 radical (unpaired) electrons. The fourth-order valence-electron chi connectivity index (χ4n) is 1.91. The summed E-state index contributed by atoms with van der Waals surface area (Å²) < 4.78 is 24.8. The molecular formula is C17H14BrFO3. The number of hydrogen-bond acceptors (Lipinski definition) is 3. The van der Waals surface area contributed by atoms with Crippen molar-refractivity contribution in [3.8, 4) is 11.5 Å². The predicted molar refractivity (Wildman–Crippen MR) is 87.0 cm³/mol. The highest BCUT2D eigenvalue weighted by Crippen LogP contribution is 2.24. The van der Waals surface area contributed by atoms with Crippen molar-refractivity contribution in [1.82, 2.24) is 0 Å². The number of allylic oxidation sites excluding steroid dienone is 1. The first-order valence-corrected chi connectivity index (χ1v) is 7.24. The van der Waals surface area contributed by atoms with Crippen molar-refractivity contribution in [3.63, 3.8) is 0 Å². The maximum absolute atomic E-state index is 13.9. The molecule has 0 amide bonds. The molecule has 2 aromatic rings. The third-order valence-corrected chi connectivity index (χ3v) is 3.54. The molecule has 0 aliphatic carbocycles. The molecule has 0 fully saturated rings. The lowest BCUT2D eigenvalue weighted by molar-refractivity contribution is 0.104. The van der Waals surface area contributed by atoms with E-state index < -0.39 is 11.6 Å². The van der Waals surface area contributed by atoms with E-state index in [1.165, 1.54) is 25.3 Å². The summed E-state index contributed by atoms with van der Waals surface area (Å²) in [6.07, 6.45) is 2.91. The Morgan fingerprint density at radius 3 is 2.55 bits per heavy atom. The van der Waals surface area contributed by atoms with Gasteiger partial charge >= 0.3 is 0 Å². The number of hydrogen-bond donors (Lipinski definition) is 0. The van der Waals surface area contributed by atoms with Gasteiger partial charge in [0.15, 0.2) is 5.78 Å². The molecule has 0 aromatic heterocycles. The van der Waals surface area contributed by atoms with Gasteiger partial charge in [-0.15, -0.1) is 0 Å². The summed E-state index contributed by atoms with van der Waals surface area (Å²) in [7, 11) is 2.99. The van der Waals surface area contributed by atoms with E-state index in [4.69, 9.17) is 9.47 Å². The zero-order valence-electron chi connectivity index (χ0n) is 12.1. The summed E-state index contributed by atoms with van der Waals surface area (Å²) in [6.45, 7) is 0. The second kappa shape index (κ2) is 7.22. The Morgan fingerprint density at radius 2 is 1.91 bits per heavy atom. The summed E-state index contributed by atoms with van der Waals surface area (Å²) in [5.41, 5.74) is 0.713. The molecule has 114 valence electrons. The van der Waals surface area contributed by atoms with Crippen LogP contribution in [0.4, 0.5) is 4.39 Å². The molecule has 0 saturated carbocycles. The smallest absolute Gasteiger partial charge is 0.188 e. The minimum Gasteiger partial charge on any atom is -0.497 e. The normalized spacial score (nSPS) is 10.7. The SMILES string of the molecule is COc1ccc(C(=O)C=Cc2cc(Br)ccc2OC)c(F)c1. The van der Waals surface area contributed by atoms with Gasteiger partial charge in [0.05, 0.1) is 19.8 Å². The van der Waals surface area contributed by atoms with Gasteiger partial charge in [-0.3, -0.25) is 4.79 Å². The summed E-state index contributed by atoms with van der Waals surface area (Å²) >= 11 is 3.36. The molecule has 0 heterocycles. The quantitative estimate of drug-likeness (QED) is 0.578. The van der Waals surface area contributed by atoms with E-state index in [0.29, 0.717) is 11.5 Å². The van der Waals surface area contributed by atoms with E-state index in [1.807, 2.05) is 12.1 Å². The third kappa shape index (κ3) is 3.74. The number of ether oxygens (including phenoxy) is 2. The van der Waals surface area contributed by atoms with Gasteiger partial charge in [-0.1, -0.05) is 15.9 Å². The lowest BCUT2D eigenvalue weighted by Gasteiger charge is -2.05. The molecule has 5 heteroatoms. The lowest BCUT2D eigenvalue weighted by Crippen LogP contribution is -1.99. The molecule has 0 bridgehead atoms. The molecular weight excluding hydrogens is 351 g/mol. The van der Waals surface area contributed by atoms with Crippen molar-refractivity contribution in [3.05, 3.63) is 63.9 Å². The Hall–Kier alpha value is -2.14. The molecule has 2 aromatic carbocycles. The summed E-state index contributed by atoms with van der Waals surface area (Å²) in [5, 5.41) is 0. The van der Waals surface area contributed by atoms with E-state index in [1.54, 1.807) is 25.3 Å². The second-order valence-corrected chi connectivity index (χ2v) is 5.35. The molecule has 0 unspecified atom stereocenters. The summed E-state index contributed by atoms with van der Waals surface area (Å²) in [5.74, 6) is -0.0495. The molecule has 0 saturated heterocycles. The Balaban J connectivity index is 2.27. The maximum Gasteiger partial charge on any atom is 0.188 e. The Kier molecular flexibility index (Phi) is 5.33. The number of methoxy groups -OCH3 is 2. The standard InChI is InChI=1S/C17H14BrFO3/c1-21-13-5-6-14(15(19)10-13)16(20)7-3-11-9-12(18)4-8-17(11)22-2/h3-10H,1-2H3. The average Bonchev–Trinajstić information content (AvgIpc) is 2.52. The van der Waals surface area contributed by atoms with E-state index in [0.717, 1.165) is 10.0 Å². The highest BCUT2D eigenvalue weighted by atomic mass is 79.9. The van der Waals surface area contributed by atoms with Crippen molar-refractivity contribution in [1.29, 1.82) is 0 Å².